The van der Waals surface area contributed by atoms with E-state index in [1.165, 1.54) is 0 Å². The van der Waals surface area contributed by atoms with E-state index in [1.807, 2.05) is 37.3 Å². The van der Waals surface area contributed by atoms with Crippen molar-refractivity contribution in [2.24, 2.45) is 5.92 Å². The molecule has 1 saturated heterocycles. The maximum atomic E-state index is 12.3. The van der Waals surface area contributed by atoms with Crippen LogP contribution in [0, 0.1) is 5.92 Å². The van der Waals surface area contributed by atoms with Crippen LogP contribution < -0.4 is 11.1 Å². The van der Waals surface area contributed by atoms with Gasteiger partial charge < -0.3 is 10.2 Å². The number of aromatic amines is 1. The largest absolute Gasteiger partial charge is 0.438 e. The second-order valence-electron chi connectivity index (χ2n) is 6.12. The number of H-pyrrole nitrogens is 1. The number of nitrogens with zero attached hydrogens (tertiary/aromatic N) is 2. The zero-order valence-corrected chi connectivity index (χ0v) is 13.9. The summed E-state index contributed by atoms with van der Waals surface area (Å²) in [5.74, 6) is -0.783. The topological polar surface area (TPSA) is 108 Å². The Morgan fingerprint density at radius 3 is 2.84 bits per heavy atom. The number of benzene rings is 1. The standard InChI is InChI=1S/C17H20N4O4/c1-11(12-5-3-2-4-6-12)21-10-13(9-15(21)22)16(23)18-8-7-14-19-17(24)25-20-14/h2-6,11,13H,7-10H2,1H3,(H,18,23)(H,19,20,24)/t11-,13+/m0/s1. The molecule has 0 aliphatic carbocycles. The highest BCUT2D eigenvalue weighted by atomic mass is 16.5. The Kier molecular flexibility index (Phi) is 4.97. The molecule has 0 spiro atoms. The monoisotopic (exact) mass is 344 g/mol. The minimum absolute atomic E-state index is 0.0164. The van der Waals surface area contributed by atoms with E-state index < -0.39 is 5.76 Å². The quantitative estimate of drug-likeness (QED) is 0.799. The Bertz CT molecular complexity index is 798. The molecule has 0 unspecified atom stereocenters. The minimum Gasteiger partial charge on any atom is -0.355 e. The van der Waals surface area contributed by atoms with E-state index in [0.717, 1.165) is 5.56 Å². The number of hydrogen-bond donors (Lipinski definition) is 2. The van der Waals surface area contributed by atoms with Crippen LogP contribution in [0.4, 0.5) is 0 Å². The lowest BCUT2D eigenvalue weighted by Crippen LogP contribution is -2.34. The van der Waals surface area contributed by atoms with Gasteiger partial charge in [-0.25, -0.2) is 4.79 Å². The van der Waals surface area contributed by atoms with E-state index in [9.17, 15) is 14.4 Å². The fourth-order valence-corrected chi connectivity index (χ4v) is 3.01. The molecule has 2 amide bonds. The summed E-state index contributed by atoms with van der Waals surface area (Å²) in [4.78, 5) is 39.6. The SMILES string of the molecule is C[C@@H](c1ccccc1)N1C[C@H](C(=O)NCCc2noc(=O)[nH]2)CC1=O. The van der Waals surface area contributed by atoms with Gasteiger partial charge in [-0.15, -0.1) is 0 Å². The van der Waals surface area contributed by atoms with Gasteiger partial charge in [0.15, 0.2) is 5.82 Å². The van der Waals surface area contributed by atoms with Gasteiger partial charge in [0.05, 0.1) is 12.0 Å². The van der Waals surface area contributed by atoms with Gasteiger partial charge in [-0.05, 0) is 12.5 Å². The Labute approximate surface area is 144 Å². The molecule has 2 atom stereocenters. The number of aromatic nitrogens is 2. The molecule has 0 bridgehead atoms. The molecule has 8 nitrogen and oxygen atoms in total. The molecule has 1 aliphatic heterocycles. The molecule has 0 saturated carbocycles. The van der Waals surface area contributed by atoms with Crippen LogP contribution in [-0.4, -0.2) is 39.9 Å². The van der Waals surface area contributed by atoms with Crippen molar-refractivity contribution in [3.63, 3.8) is 0 Å². The van der Waals surface area contributed by atoms with Crippen molar-refractivity contribution < 1.29 is 14.1 Å². The highest BCUT2D eigenvalue weighted by Crippen LogP contribution is 2.28. The zero-order chi connectivity index (χ0) is 17.8. The van der Waals surface area contributed by atoms with Crippen molar-refractivity contribution >= 4 is 11.8 Å². The Morgan fingerprint density at radius 1 is 1.40 bits per heavy atom. The molecule has 1 aliphatic rings. The van der Waals surface area contributed by atoms with Crippen molar-refractivity contribution in [3.8, 4) is 0 Å². The van der Waals surface area contributed by atoms with E-state index in [0.29, 0.717) is 25.3 Å². The molecule has 8 heteroatoms. The summed E-state index contributed by atoms with van der Waals surface area (Å²) in [5, 5.41) is 6.31. The average molecular weight is 344 g/mol. The van der Waals surface area contributed by atoms with Crippen LogP contribution in [0.25, 0.3) is 0 Å². The van der Waals surface area contributed by atoms with Gasteiger partial charge in [0, 0.05) is 25.9 Å². The molecule has 3 rings (SSSR count). The number of rotatable bonds is 6. The van der Waals surface area contributed by atoms with Gasteiger partial charge in [-0.2, -0.15) is 0 Å². The predicted octanol–water partition coefficient (Wildman–Crippen LogP) is 0.631. The molecular formula is C17H20N4O4. The lowest BCUT2D eigenvalue weighted by Gasteiger charge is -2.25. The summed E-state index contributed by atoms with van der Waals surface area (Å²) in [6.45, 7) is 2.69. The first-order valence-electron chi connectivity index (χ1n) is 8.21. The first-order chi connectivity index (χ1) is 12.0. The highest BCUT2D eigenvalue weighted by molar-refractivity contribution is 5.89. The van der Waals surface area contributed by atoms with Crippen LogP contribution >= 0.6 is 0 Å². The summed E-state index contributed by atoms with van der Waals surface area (Å²) in [7, 11) is 0. The van der Waals surface area contributed by atoms with Crippen LogP contribution in [0.3, 0.4) is 0 Å². The first kappa shape index (κ1) is 16.9. The smallest absolute Gasteiger partial charge is 0.355 e. The van der Waals surface area contributed by atoms with Crippen molar-refractivity contribution in [3.05, 3.63) is 52.3 Å². The number of likely N-dealkylation sites (tertiary alicyclic amines) is 1. The molecule has 1 fully saturated rings. The Balaban J connectivity index is 1.52. The van der Waals surface area contributed by atoms with E-state index in [4.69, 9.17) is 0 Å². The van der Waals surface area contributed by atoms with Crippen molar-refractivity contribution in [2.75, 3.05) is 13.1 Å². The number of carbonyl (C=O) groups is 2. The van der Waals surface area contributed by atoms with E-state index in [1.54, 1.807) is 4.90 Å². The fraction of sp³-hybridized carbons (Fsp3) is 0.412. The van der Waals surface area contributed by atoms with E-state index in [2.05, 4.69) is 20.0 Å². The Hall–Kier alpha value is -2.90. The summed E-state index contributed by atoms with van der Waals surface area (Å²) in [6, 6.07) is 9.69. The molecule has 2 N–H and O–H groups in total. The van der Waals surface area contributed by atoms with Gasteiger partial charge in [0.2, 0.25) is 11.8 Å². The lowest BCUT2D eigenvalue weighted by atomic mass is 10.1. The van der Waals surface area contributed by atoms with Gasteiger partial charge in [0.25, 0.3) is 0 Å². The van der Waals surface area contributed by atoms with Crippen molar-refractivity contribution in [2.45, 2.75) is 25.8 Å². The molecule has 132 valence electrons. The summed E-state index contributed by atoms with van der Waals surface area (Å²) in [5.41, 5.74) is 1.05. The Morgan fingerprint density at radius 2 is 2.16 bits per heavy atom. The van der Waals surface area contributed by atoms with Gasteiger partial charge in [0.1, 0.15) is 0 Å². The third-order valence-corrected chi connectivity index (χ3v) is 4.42. The number of carbonyl (C=O) groups excluding carboxylic acids is 2. The van der Waals surface area contributed by atoms with Crippen molar-refractivity contribution in [1.82, 2.24) is 20.4 Å². The average Bonchev–Trinajstić information content (AvgIpc) is 3.20. The second kappa shape index (κ2) is 7.33. The van der Waals surface area contributed by atoms with E-state index in [-0.39, 0.29) is 30.2 Å². The highest BCUT2D eigenvalue weighted by Gasteiger charge is 2.36. The van der Waals surface area contributed by atoms with Gasteiger partial charge >= 0.3 is 5.76 Å². The summed E-state index contributed by atoms with van der Waals surface area (Å²) in [6.07, 6.45) is 0.575. The second-order valence-corrected chi connectivity index (χ2v) is 6.12. The fourth-order valence-electron chi connectivity index (χ4n) is 3.01. The van der Waals surface area contributed by atoms with Crippen molar-refractivity contribution in [1.29, 1.82) is 0 Å². The van der Waals surface area contributed by atoms with Crippen LogP contribution in [0.1, 0.15) is 30.8 Å². The van der Waals surface area contributed by atoms with Gasteiger partial charge in [-0.1, -0.05) is 35.5 Å². The van der Waals surface area contributed by atoms with Crippen LogP contribution in [0.5, 0.6) is 0 Å². The lowest BCUT2D eigenvalue weighted by molar-refractivity contribution is -0.130. The number of hydrogen-bond acceptors (Lipinski definition) is 5. The third-order valence-electron chi connectivity index (χ3n) is 4.42. The summed E-state index contributed by atoms with van der Waals surface area (Å²) >= 11 is 0. The van der Waals surface area contributed by atoms with Crippen LogP contribution in [-0.2, 0) is 16.0 Å². The number of amides is 2. The number of nitrogens with one attached hydrogen (secondary N) is 2. The first-order valence-corrected chi connectivity index (χ1v) is 8.21. The van der Waals surface area contributed by atoms with Crippen LogP contribution in [0.2, 0.25) is 0 Å². The minimum atomic E-state index is -0.617. The molecule has 2 aromatic rings. The van der Waals surface area contributed by atoms with E-state index >= 15 is 0 Å². The molecule has 2 heterocycles. The van der Waals surface area contributed by atoms with Crippen LogP contribution in [0.15, 0.2) is 39.6 Å². The predicted molar refractivity (Wildman–Crippen MR) is 88.5 cm³/mol. The molecule has 1 aromatic carbocycles. The maximum Gasteiger partial charge on any atom is 0.438 e. The summed E-state index contributed by atoms with van der Waals surface area (Å²) < 4.78 is 4.39. The molecule has 25 heavy (non-hydrogen) atoms. The molecule has 1 aromatic heterocycles. The third kappa shape index (κ3) is 3.96. The normalized spacial score (nSPS) is 18.4. The molecule has 0 radical (unpaired) electrons. The van der Waals surface area contributed by atoms with Gasteiger partial charge in [-0.3, -0.25) is 19.1 Å². The maximum absolute atomic E-state index is 12.3. The molecular weight excluding hydrogens is 324 g/mol. The zero-order valence-electron chi connectivity index (χ0n) is 13.9.